The molecule has 1 amide bonds. The highest BCUT2D eigenvalue weighted by molar-refractivity contribution is 6.29. The van der Waals surface area contributed by atoms with Crippen molar-refractivity contribution in [3.63, 3.8) is 0 Å². The van der Waals surface area contributed by atoms with Crippen LogP contribution in [-0.2, 0) is 6.18 Å². The lowest BCUT2D eigenvalue weighted by Gasteiger charge is -2.32. The molecule has 3 aromatic heterocycles. The van der Waals surface area contributed by atoms with Crippen LogP contribution in [0.5, 0.6) is 5.75 Å². The summed E-state index contributed by atoms with van der Waals surface area (Å²) in [4.78, 5) is 25.9. The van der Waals surface area contributed by atoms with Crippen molar-refractivity contribution in [3.05, 3.63) is 76.3 Å². The van der Waals surface area contributed by atoms with Gasteiger partial charge in [-0.1, -0.05) is 17.7 Å². The number of aromatic nitrogens is 4. The van der Waals surface area contributed by atoms with E-state index < -0.39 is 23.8 Å². The molecule has 3 heterocycles. The number of hydrogen-bond acceptors (Lipinski definition) is 7. The fraction of sp³-hybridized carbons (Fsp3) is 0.379. The Kier molecular flexibility index (Phi) is 9.39. The summed E-state index contributed by atoms with van der Waals surface area (Å²) in [6.45, 7) is 5.36. The lowest BCUT2D eigenvalue weighted by molar-refractivity contribution is -0.143. The van der Waals surface area contributed by atoms with Gasteiger partial charge >= 0.3 is 6.18 Å². The number of benzene rings is 1. The van der Waals surface area contributed by atoms with Crippen LogP contribution in [0.4, 0.5) is 13.2 Å². The second-order valence-electron chi connectivity index (χ2n) is 10.1. The molecule has 42 heavy (non-hydrogen) atoms. The number of pyridine rings is 1. The number of alkyl halides is 3. The topological polar surface area (TPSA) is 96.1 Å². The summed E-state index contributed by atoms with van der Waals surface area (Å²) in [7, 11) is 3.29. The molecule has 0 aliphatic rings. The number of aliphatic hydroxyl groups is 1. The summed E-state index contributed by atoms with van der Waals surface area (Å²) in [6.07, 6.45) is -2.04. The highest BCUT2D eigenvalue weighted by Gasteiger charge is 2.39. The predicted molar refractivity (Wildman–Crippen MR) is 153 cm³/mol. The molecule has 1 atom stereocenters. The third-order valence-electron chi connectivity index (χ3n) is 7.16. The van der Waals surface area contributed by atoms with Gasteiger partial charge in [0.25, 0.3) is 5.91 Å². The van der Waals surface area contributed by atoms with Crippen LogP contribution in [0.3, 0.4) is 0 Å². The van der Waals surface area contributed by atoms with Gasteiger partial charge in [0, 0.05) is 36.5 Å². The van der Waals surface area contributed by atoms with Gasteiger partial charge in [0.15, 0.2) is 11.3 Å². The van der Waals surface area contributed by atoms with Crippen LogP contribution in [0, 0.1) is 6.92 Å². The van der Waals surface area contributed by atoms with Gasteiger partial charge in [-0.25, -0.2) is 14.5 Å². The minimum absolute atomic E-state index is 0.0489. The van der Waals surface area contributed by atoms with Crippen molar-refractivity contribution in [1.82, 2.24) is 29.4 Å². The Labute approximate surface area is 246 Å². The number of aliphatic hydroxyl groups excluding tert-OH is 1. The van der Waals surface area contributed by atoms with Crippen LogP contribution in [0.15, 0.2) is 48.8 Å². The number of rotatable bonds is 10. The van der Waals surface area contributed by atoms with E-state index in [1.165, 1.54) is 14.0 Å². The summed E-state index contributed by atoms with van der Waals surface area (Å²) >= 11 is 5.89. The van der Waals surface area contributed by atoms with Crippen molar-refractivity contribution in [3.8, 4) is 17.0 Å². The molecule has 9 nitrogen and oxygen atoms in total. The van der Waals surface area contributed by atoms with E-state index in [0.717, 1.165) is 11.8 Å². The van der Waals surface area contributed by atoms with E-state index in [4.69, 9.17) is 16.3 Å². The molecule has 0 fully saturated rings. The van der Waals surface area contributed by atoms with E-state index in [9.17, 15) is 23.1 Å². The minimum Gasteiger partial charge on any atom is -0.497 e. The van der Waals surface area contributed by atoms with Crippen LogP contribution in [-0.4, -0.2) is 80.3 Å². The van der Waals surface area contributed by atoms with Crippen LogP contribution in [0.25, 0.3) is 16.9 Å². The Bertz CT molecular complexity index is 1540. The molecule has 0 saturated carbocycles. The molecule has 0 bridgehead atoms. The molecule has 1 unspecified atom stereocenters. The number of methoxy groups -OCH3 is 1. The number of fused-ring (bicyclic) bond motifs is 1. The summed E-state index contributed by atoms with van der Waals surface area (Å²) in [5.41, 5.74) is -0.0812. The van der Waals surface area contributed by atoms with Gasteiger partial charge in [0.1, 0.15) is 16.5 Å². The zero-order valence-corrected chi connectivity index (χ0v) is 24.6. The Hall–Kier alpha value is -3.74. The van der Waals surface area contributed by atoms with Gasteiger partial charge in [0.2, 0.25) is 0 Å². The van der Waals surface area contributed by atoms with E-state index in [2.05, 4.69) is 15.1 Å². The first kappa shape index (κ1) is 31.2. The van der Waals surface area contributed by atoms with Gasteiger partial charge < -0.3 is 14.7 Å². The molecule has 0 spiro atoms. The standard InChI is InChI=1S/C29H32ClF3N6O3/c1-17(2)38(13-12-37(4)23(16-40)20-8-11-24(30)34-14-20)28(41)22-15-35-39-26(29(31,32)33)18(3)25(36-27(22)39)19-6-9-21(42-5)10-7-19/h6-11,14-15,17,23,40H,12-13,16H2,1-5H3. The molecular weight excluding hydrogens is 573 g/mol. The zero-order valence-electron chi connectivity index (χ0n) is 23.9. The van der Waals surface area contributed by atoms with Gasteiger partial charge in [-0.15, -0.1) is 0 Å². The van der Waals surface area contributed by atoms with Crippen LogP contribution in [0.2, 0.25) is 5.15 Å². The fourth-order valence-corrected chi connectivity index (χ4v) is 4.95. The Morgan fingerprint density at radius 1 is 1.12 bits per heavy atom. The first-order valence-electron chi connectivity index (χ1n) is 13.2. The van der Waals surface area contributed by atoms with Crippen molar-refractivity contribution in [2.75, 3.05) is 33.9 Å². The molecule has 1 N–H and O–H groups in total. The summed E-state index contributed by atoms with van der Waals surface area (Å²) in [6, 6.07) is 9.21. The first-order chi connectivity index (χ1) is 19.9. The predicted octanol–water partition coefficient (Wildman–Crippen LogP) is 5.30. The second-order valence-corrected chi connectivity index (χ2v) is 10.5. The highest BCUT2D eigenvalue weighted by Crippen LogP contribution is 2.37. The van der Waals surface area contributed by atoms with Crippen molar-refractivity contribution in [2.24, 2.45) is 0 Å². The van der Waals surface area contributed by atoms with Crippen LogP contribution >= 0.6 is 11.6 Å². The van der Waals surface area contributed by atoms with E-state index in [0.29, 0.717) is 27.5 Å². The largest absolute Gasteiger partial charge is 0.497 e. The maximum Gasteiger partial charge on any atom is 0.433 e. The number of ether oxygens (including phenoxy) is 1. The average Bonchev–Trinajstić information content (AvgIpc) is 3.36. The van der Waals surface area contributed by atoms with E-state index in [1.54, 1.807) is 54.5 Å². The number of nitrogens with zero attached hydrogens (tertiary/aromatic N) is 6. The maximum absolute atomic E-state index is 14.3. The first-order valence-corrected chi connectivity index (χ1v) is 13.6. The van der Waals surface area contributed by atoms with Gasteiger partial charge in [-0.3, -0.25) is 9.69 Å². The minimum atomic E-state index is -4.75. The van der Waals surface area contributed by atoms with Gasteiger partial charge in [0.05, 0.1) is 31.6 Å². The molecule has 4 rings (SSSR count). The van der Waals surface area contributed by atoms with Crippen molar-refractivity contribution >= 4 is 23.2 Å². The molecule has 0 aliphatic carbocycles. The second kappa shape index (κ2) is 12.6. The van der Waals surface area contributed by atoms with Crippen LogP contribution in [0.1, 0.15) is 47.1 Å². The molecule has 4 aromatic rings. The van der Waals surface area contributed by atoms with E-state index >= 15 is 0 Å². The molecule has 224 valence electrons. The smallest absolute Gasteiger partial charge is 0.433 e. The Balaban J connectivity index is 1.70. The molecule has 0 aliphatic heterocycles. The lowest BCUT2D eigenvalue weighted by atomic mass is 10.0. The van der Waals surface area contributed by atoms with Crippen molar-refractivity contribution < 1.29 is 27.8 Å². The third kappa shape index (κ3) is 6.35. The summed E-state index contributed by atoms with van der Waals surface area (Å²) < 4.78 is 48.8. The Morgan fingerprint density at radius 3 is 2.36 bits per heavy atom. The Morgan fingerprint density at radius 2 is 1.81 bits per heavy atom. The quantitative estimate of drug-likeness (QED) is 0.246. The third-order valence-corrected chi connectivity index (χ3v) is 7.39. The van der Waals surface area contributed by atoms with E-state index in [1.807, 2.05) is 18.7 Å². The van der Waals surface area contributed by atoms with Crippen molar-refractivity contribution in [2.45, 2.75) is 39.0 Å². The lowest BCUT2D eigenvalue weighted by Crippen LogP contribution is -2.43. The highest BCUT2D eigenvalue weighted by atomic mass is 35.5. The van der Waals surface area contributed by atoms with Gasteiger partial charge in [-0.2, -0.15) is 18.3 Å². The molecule has 0 saturated heterocycles. The normalized spacial score (nSPS) is 12.8. The molecule has 13 heteroatoms. The number of likely N-dealkylation sites (N-methyl/N-ethyl adjacent to an activating group) is 1. The number of halogens is 4. The number of hydrogen-bond donors (Lipinski definition) is 1. The molecule has 1 aromatic carbocycles. The molecule has 0 radical (unpaired) electrons. The number of carbonyl (C=O) groups excluding carboxylic acids is 1. The zero-order chi connectivity index (χ0) is 30.8. The fourth-order valence-electron chi connectivity index (χ4n) is 4.84. The summed E-state index contributed by atoms with van der Waals surface area (Å²) in [5, 5.41) is 14.3. The molecular formula is C29H32ClF3N6O3. The summed E-state index contributed by atoms with van der Waals surface area (Å²) in [5.74, 6) is 0.0364. The maximum atomic E-state index is 14.3. The monoisotopic (exact) mass is 604 g/mol. The average molecular weight is 605 g/mol. The van der Waals surface area contributed by atoms with Crippen LogP contribution < -0.4 is 4.74 Å². The number of carbonyl (C=O) groups is 1. The van der Waals surface area contributed by atoms with Crippen molar-refractivity contribution in [1.29, 1.82) is 0 Å². The van der Waals surface area contributed by atoms with Gasteiger partial charge in [-0.05, 0) is 63.7 Å². The SMILES string of the molecule is COc1ccc(-c2nc3c(C(=O)N(CCN(C)C(CO)c4ccc(Cl)nc4)C(C)C)cnn3c(C(F)(F)F)c2C)cc1. The number of amides is 1. The van der Waals surface area contributed by atoms with E-state index in [-0.39, 0.29) is 41.7 Å².